The van der Waals surface area contributed by atoms with E-state index in [1.54, 1.807) is 25.8 Å². The molecule has 1 aromatic rings. The van der Waals surface area contributed by atoms with Gasteiger partial charge in [-0.05, 0) is 57.2 Å². The minimum atomic E-state index is -0.671. The fraction of sp³-hybridized carbons (Fsp3) is 0.632. The summed E-state index contributed by atoms with van der Waals surface area (Å²) in [6.07, 6.45) is 4.62. The number of amides is 1. The quantitative estimate of drug-likeness (QED) is 0.812. The van der Waals surface area contributed by atoms with Gasteiger partial charge in [0.05, 0.1) is 12.2 Å². The lowest BCUT2D eigenvalue weighted by Crippen LogP contribution is -2.45. The Bertz CT molecular complexity index is 521. The van der Waals surface area contributed by atoms with Gasteiger partial charge in [-0.25, -0.2) is 0 Å². The first-order valence-electron chi connectivity index (χ1n) is 8.42. The summed E-state index contributed by atoms with van der Waals surface area (Å²) in [5, 5.41) is 19.3. The lowest BCUT2D eigenvalue weighted by Gasteiger charge is -2.42. The van der Waals surface area contributed by atoms with E-state index in [4.69, 9.17) is 0 Å². The van der Waals surface area contributed by atoms with Gasteiger partial charge in [-0.3, -0.25) is 4.79 Å². The highest BCUT2D eigenvalue weighted by Crippen LogP contribution is 2.40. The average Bonchev–Trinajstić information content (AvgIpc) is 2.47. The number of carbonyl (C=O) groups excluding carboxylic acids is 1. The Morgan fingerprint density at radius 2 is 1.87 bits per heavy atom. The molecule has 0 unspecified atom stereocenters. The van der Waals surface area contributed by atoms with Crippen molar-refractivity contribution in [2.24, 2.45) is 5.41 Å². The van der Waals surface area contributed by atoms with Gasteiger partial charge in [0.2, 0.25) is 0 Å². The summed E-state index contributed by atoms with van der Waals surface area (Å²) in [7, 11) is 1.81. The zero-order chi connectivity index (χ0) is 17.1. The number of rotatable bonds is 7. The van der Waals surface area contributed by atoms with Crippen molar-refractivity contribution in [2.75, 3.05) is 20.2 Å². The first kappa shape index (κ1) is 18.0. The molecule has 0 radical (unpaired) electrons. The molecule has 0 aromatic heterocycles. The number of aliphatic hydroxyl groups is 2. The van der Waals surface area contributed by atoms with Gasteiger partial charge in [-0.1, -0.05) is 18.6 Å². The SMILES string of the molecule is CN(CC1(CO)CCC1)C(=O)c1ccc(CCC(C)(C)O)cc1. The summed E-state index contributed by atoms with van der Waals surface area (Å²) >= 11 is 0. The number of nitrogens with zero attached hydrogens (tertiary/aromatic N) is 1. The maximum absolute atomic E-state index is 12.5. The van der Waals surface area contributed by atoms with E-state index < -0.39 is 5.60 Å². The predicted molar refractivity (Wildman–Crippen MR) is 91.4 cm³/mol. The third-order valence-corrected chi connectivity index (χ3v) is 4.90. The van der Waals surface area contributed by atoms with Crippen LogP contribution in [-0.2, 0) is 6.42 Å². The predicted octanol–water partition coefficient (Wildman–Crippen LogP) is 2.62. The monoisotopic (exact) mass is 319 g/mol. The van der Waals surface area contributed by atoms with Crippen LogP contribution in [0.1, 0.15) is 55.5 Å². The fourth-order valence-electron chi connectivity index (χ4n) is 3.10. The van der Waals surface area contributed by atoms with Gasteiger partial charge in [0.1, 0.15) is 0 Å². The van der Waals surface area contributed by atoms with Gasteiger partial charge in [0, 0.05) is 24.6 Å². The lowest BCUT2D eigenvalue weighted by atomic mass is 9.69. The summed E-state index contributed by atoms with van der Waals surface area (Å²) in [5.41, 5.74) is 1.04. The van der Waals surface area contributed by atoms with E-state index in [2.05, 4.69) is 0 Å². The minimum Gasteiger partial charge on any atom is -0.396 e. The van der Waals surface area contributed by atoms with Crippen LogP contribution in [0.3, 0.4) is 0 Å². The molecule has 0 saturated heterocycles. The van der Waals surface area contributed by atoms with E-state index in [1.807, 2.05) is 24.3 Å². The normalized spacial score (nSPS) is 16.7. The van der Waals surface area contributed by atoms with Gasteiger partial charge in [-0.15, -0.1) is 0 Å². The Hall–Kier alpha value is -1.39. The first-order valence-corrected chi connectivity index (χ1v) is 8.42. The molecular weight excluding hydrogens is 290 g/mol. The zero-order valence-corrected chi connectivity index (χ0v) is 14.5. The number of aryl methyl sites for hydroxylation is 1. The topological polar surface area (TPSA) is 60.8 Å². The van der Waals surface area contributed by atoms with Crippen LogP contribution in [0.15, 0.2) is 24.3 Å². The number of carbonyl (C=O) groups is 1. The molecular formula is C19H29NO3. The molecule has 4 heteroatoms. The van der Waals surface area contributed by atoms with Crippen LogP contribution in [-0.4, -0.2) is 46.8 Å². The van der Waals surface area contributed by atoms with Gasteiger partial charge in [0.25, 0.3) is 5.91 Å². The van der Waals surface area contributed by atoms with E-state index in [-0.39, 0.29) is 17.9 Å². The summed E-state index contributed by atoms with van der Waals surface area (Å²) < 4.78 is 0. The number of benzene rings is 1. The molecule has 2 rings (SSSR count). The van der Waals surface area contributed by atoms with Crippen LogP contribution in [0.5, 0.6) is 0 Å². The Morgan fingerprint density at radius 3 is 2.30 bits per heavy atom. The molecule has 2 N–H and O–H groups in total. The minimum absolute atomic E-state index is 0.00115. The van der Waals surface area contributed by atoms with E-state index in [9.17, 15) is 15.0 Å². The van der Waals surface area contributed by atoms with Crippen molar-refractivity contribution >= 4 is 5.91 Å². The van der Waals surface area contributed by atoms with E-state index in [0.29, 0.717) is 18.5 Å². The molecule has 1 aliphatic carbocycles. The molecule has 4 nitrogen and oxygen atoms in total. The average molecular weight is 319 g/mol. The Kier molecular flexibility index (Phi) is 5.48. The zero-order valence-electron chi connectivity index (χ0n) is 14.5. The summed E-state index contributed by atoms with van der Waals surface area (Å²) in [6.45, 7) is 4.37. The maximum atomic E-state index is 12.5. The van der Waals surface area contributed by atoms with Crippen LogP contribution in [0.2, 0.25) is 0 Å². The second-order valence-electron chi connectivity index (χ2n) is 7.68. The molecule has 0 aliphatic heterocycles. The second-order valence-corrected chi connectivity index (χ2v) is 7.68. The highest BCUT2D eigenvalue weighted by Gasteiger charge is 2.38. The van der Waals surface area contributed by atoms with E-state index in [0.717, 1.165) is 31.2 Å². The van der Waals surface area contributed by atoms with Crippen molar-refractivity contribution < 1.29 is 15.0 Å². The van der Waals surface area contributed by atoms with Crippen LogP contribution in [0.4, 0.5) is 0 Å². The van der Waals surface area contributed by atoms with Crippen LogP contribution in [0, 0.1) is 5.41 Å². The van der Waals surface area contributed by atoms with Crippen molar-refractivity contribution in [3.05, 3.63) is 35.4 Å². The van der Waals surface area contributed by atoms with Crippen LogP contribution < -0.4 is 0 Å². The van der Waals surface area contributed by atoms with Gasteiger partial charge in [-0.2, -0.15) is 0 Å². The largest absolute Gasteiger partial charge is 0.396 e. The molecule has 1 amide bonds. The van der Waals surface area contributed by atoms with Crippen molar-refractivity contribution in [1.29, 1.82) is 0 Å². The molecule has 0 heterocycles. The molecule has 1 fully saturated rings. The summed E-state index contributed by atoms with van der Waals surface area (Å²) in [4.78, 5) is 14.2. The van der Waals surface area contributed by atoms with Crippen LogP contribution in [0.25, 0.3) is 0 Å². The highest BCUT2D eigenvalue weighted by molar-refractivity contribution is 5.94. The number of hydrogen-bond donors (Lipinski definition) is 2. The fourth-order valence-corrected chi connectivity index (χ4v) is 3.10. The van der Waals surface area contributed by atoms with Crippen LogP contribution >= 0.6 is 0 Å². The first-order chi connectivity index (χ1) is 10.7. The summed E-state index contributed by atoms with van der Waals surface area (Å²) in [5.74, 6) is -0.00115. The molecule has 0 bridgehead atoms. The van der Waals surface area contributed by atoms with E-state index in [1.165, 1.54) is 0 Å². The van der Waals surface area contributed by atoms with Gasteiger partial charge >= 0.3 is 0 Å². The van der Waals surface area contributed by atoms with E-state index >= 15 is 0 Å². The Balaban J connectivity index is 1.94. The molecule has 1 aromatic carbocycles. The van der Waals surface area contributed by atoms with Crippen molar-refractivity contribution in [2.45, 2.75) is 51.6 Å². The standard InChI is InChI=1S/C19H29NO3/c1-18(2,23)12-9-15-5-7-16(8-6-15)17(22)20(3)13-19(14-21)10-4-11-19/h5-8,21,23H,4,9-14H2,1-3H3. The lowest BCUT2D eigenvalue weighted by molar-refractivity contribution is 0.0146. The third-order valence-electron chi connectivity index (χ3n) is 4.90. The number of hydrogen-bond acceptors (Lipinski definition) is 3. The maximum Gasteiger partial charge on any atom is 0.253 e. The Morgan fingerprint density at radius 1 is 1.26 bits per heavy atom. The molecule has 1 saturated carbocycles. The molecule has 23 heavy (non-hydrogen) atoms. The molecule has 1 aliphatic rings. The highest BCUT2D eigenvalue weighted by atomic mass is 16.3. The van der Waals surface area contributed by atoms with Crippen molar-refractivity contribution in [1.82, 2.24) is 4.90 Å². The molecule has 128 valence electrons. The Labute approximate surface area is 139 Å². The number of aliphatic hydroxyl groups excluding tert-OH is 1. The van der Waals surface area contributed by atoms with Gasteiger partial charge < -0.3 is 15.1 Å². The third kappa shape index (κ3) is 4.79. The van der Waals surface area contributed by atoms with Crippen molar-refractivity contribution in [3.63, 3.8) is 0 Å². The molecule has 0 spiro atoms. The smallest absolute Gasteiger partial charge is 0.253 e. The molecule has 0 atom stereocenters. The second kappa shape index (κ2) is 7.02. The van der Waals surface area contributed by atoms with Crippen molar-refractivity contribution in [3.8, 4) is 0 Å². The summed E-state index contributed by atoms with van der Waals surface area (Å²) in [6, 6.07) is 7.62. The van der Waals surface area contributed by atoms with Gasteiger partial charge in [0.15, 0.2) is 0 Å².